The second-order valence-corrected chi connectivity index (χ2v) is 5.76. The molecule has 26 heavy (non-hydrogen) atoms. The van der Waals surface area contributed by atoms with Crippen LogP contribution in [0.1, 0.15) is 16.7 Å². The molecule has 5 heteroatoms. The van der Waals surface area contributed by atoms with E-state index in [1.165, 1.54) is 0 Å². The van der Waals surface area contributed by atoms with Gasteiger partial charge in [-0.05, 0) is 29.3 Å². The molecule has 0 unspecified atom stereocenters. The van der Waals surface area contributed by atoms with E-state index < -0.39 is 0 Å². The number of nitrogens with zero attached hydrogens (tertiary/aromatic N) is 1. The average Bonchev–Trinajstić information content (AvgIpc) is 2.69. The summed E-state index contributed by atoms with van der Waals surface area (Å²) in [7, 11) is 3.14. The van der Waals surface area contributed by atoms with Crippen molar-refractivity contribution in [3.63, 3.8) is 0 Å². The van der Waals surface area contributed by atoms with Crippen molar-refractivity contribution < 1.29 is 9.47 Å². The molecule has 0 aliphatic heterocycles. The lowest BCUT2D eigenvalue weighted by atomic mass is 10.0. The number of methoxy groups -OCH3 is 2. The van der Waals surface area contributed by atoms with Crippen LogP contribution in [0.3, 0.4) is 0 Å². The van der Waals surface area contributed by atoms with Crippen molar-refractivity contribution in [2.75, 3.05) is 14.2 Å². The quantitative estimate of drug-likeness (QED) is 0.767. The van der Waals surface area contributed by atoms with Crippen molar-refractivity contribution in [2.24, 2.45) is 0 Å². The molecule has 1 N–H and O–H groups in total. The topological polar surface area (TPSA) is 75.1 Å². The Balaban J connectivity index is 2.00. The number of aromatic nitrogens is 1. The number of aromatic amines is 1. The Morgan fingerprint density at radius 2 is 1.73 bits per heavy atom. The fraction of sp³-hybridized carbons (Fsp3) is 0.143. The molecule has 0 saturated carbocycles. The molecule has 1 aromatic heterocycles. The number of benzene rings is 2. The van der Waals surface area contributed by atoms with E-state index in [4.69, 9.17) is 9.47 Å². The maximum Gasteiger partial charge on any atom is 0.252 e. The van der Waals surface area contributed by atoms with E-state index in [0.717, 1.165) is 11.1 Å². The van der Waals surface area contributed by atoms with Crippen LogP contribution in [0.4, 0.5) is 0 Å². The molecule has 1 heterocycles. The Hall–Kier alpha value is -3.52. The van der Waals surface area contributed by atoms with Gasteiger partial charge in [-0.2, -0.15) is 5.26 Å². The van der Waals surface area contributed by atoms with Crippen molar-refractivity contribution in [1.82, 2.24) is 4.98 Å². The van der Waals surface area contributed by atoms with E-state index in [9.17, 15) is 10.1 Å². The highest BCUT2D eigenvalue weighted by atomic mass is 16.5. The molecule has 3 aromatic rings. The third-order valence-electron chi connectivity index (χ3n) is 4.14. The van der Waals surface area contributed by atoms with E-state index in [0.29, 0.717) is 34.7 Å². The summed E-state index contributed by atoms with van der Waals surface area (Å²) in [5.74, 6) is 1.23. The molecule has 0 atom stereocenters. The van der Waals surface area contributed by atoms with Gasteiger partial charge in [0.25, 0.3) is 5.56 Å². The monoisotopic (exact) mass is 346 g/mol. The maximum absolute atomic E-state index is 12.5. The van der Waals surface area contributed by atoms with Crippen LogP contribution in [0.15, 0.2) is 59.4 Å². The van der Waals surface area contributed by atoms with Gasteiger partial charge in [0, 0.05) is 12.0 Å². The fourth-order valence-electron chi connectivity index (χ4n) is 2.84. The Bertz CT molecular complexity index is 1020. The van der Waals surface area contributed by atoms with Gasteiger partial charge < -0.3 is 14.5 Å². The Kier molecular flexibility index (Phi) is 5.04. The molecular weight excluding hydrogens is 328 g/mol. The third kappa shape index (κ3) is 3.45. The van der Waals surface area contributed by atoms with Gasteiger partial charge in [0.2, 0.25) is 0 Å². The molecule has 3 rings (SSSR count). The summed E-state index contributed by atoms with van der Waals surface area (Å²) in [4.78, 5) is 15.4. The highest BCUT2D eigenvalue weighted by Gasteiger charge is 2.12. The van der Waals surface area contributed by atoms with Gasteiger partial charge in [0.05, 0.1) is 25.5 Å². The van der Waals surface area contributed by atoms with Crippen LogP contribution >= 0.6 is 0 Å². The van der Waals surface area contributed by atoms with Crippen molar-refractivity contribution >= 4 is 0 Å². The molecule has 0 amide bonds. The van der Waals surface area contributed by atoms with Crippen LogP contribution in [0, 0.1) is 11.3 Å². The lowest BCUT2D eigenvalue weighted by Gasteiger charge is -2.10. The normalized spacial score (nSPS) is 10.2. The van der Waals surface area contributed by atoms with Crippen LogP contribution < -0.4 is 15.0 Å². The zero-order valence-electron chi connectivity index (χ0n) is 14.6. The standard InChI is InChI=1S/C21H18N2O3/c1-25-18-9-8-14(11-19(18)26-2)10-16-12-17(13-22)20(23-21(16)24)15-6-4-3-5-7-15/h3-9,11-12H,10H2,1-2H3,(H,23,24). The molecule has 2 aromatic carbocycles. The van der Waals surface area contributed by atoms with Gasteiger partial charge in [0.15, 0.2) is 11.5 Å². The molecule has 0 fully saturated rings. The summed E-state index contributed by atoms with van der Waals surface area (Å²) in [6.45, 7) is 0. The number of nitriles is 1. The van der Waals surface area contributed by atoms with Gasteiger partial charge in [0.1, 0.15) is 6.07 Å². The summed E-state index contributed by atoms with van der Waals surface area (Å²) in [5.41, 5.74) is 2.98. The molecule has 0 spiro atoms. The van der Waals surface area contributed by atoms with Crippen LogP contribution in [0.5, 0.6) is 11.5 Å². The van der Waals surface area contributed by atoms with E-state index in [2.05, 4.69) is 11.1 Å². The number of H-pyrrole nitrogens is 1. The number of hydrogen-bond donors (Lipinski definition) is 1. The molecule has 130 valence electrons. The minimum absolute atomic E-state index is 0.211. The minimum atomic E-state index is -0.211. The first-order chi connectivity index (χ1) is 12.7. The molecule has 5 nitrogen and oxygen atoms in total. The first kappa shape index (κ1) is 17.3. The lowest BCUT2D eigenvalue weighted by Crippen LogP contribution is -2.15. The van der Waals surface area contributed by atoms with Gasteiger partial charge in [-0.25, -0.2) is 0 Å². The van der Waals surface area contributed by atoms with E-state index in [1.807, 2.05) is 42.5 Å². The zero-order chi connectivity index (χ0) is 18.5. The van der Waals surface area contributed by atoms with E-state index >= 15 is 0 Å². The molecule has 0 aliphatic carbocycles. The number of rotatable bonds is 5. The molecule has 0 saturated heterocycles. The van der Waals surface area contributed by atoms with Gasteiger partial charge in [-0.1, -0.05) is 36.4 Å². The highest BCUT2D eigenvalue weighted by Crippen LogP contribution is 2.28. The Morgan fingerprint density at radius 3 is 2.38 bits per heavy atom. The second-order valence-electron chi connectivity index (χ2n) is 5.76. The third-order valence-corrected chi connectivity index (χ3v) is 4.14. The van der Waals surface area contributed by atoms with E-state index in [1.54, 1.807) is 26.4 Å². The number of hydrogen-bond acceptors (Lipinski definition) is 4. The van der Waals surface area contributed by atoms with Crippen molar-refractivity contribution in [3.8, 4) is 28.8 Å². The summed E-state index contributed by atoms with van der Waals surface area (Å²) in [6.07, 6.45) is 0.388. The van der Waals surface area contributed by atoms with Crippen LogP contribution in [-0.4, -0.2) is 19.2 Å². The van der Waals surface area contributed by atoms with Gasteiger partial charge in [-0.3, -0.25) is 4.79 Å². The fourth-order valence-corrected chi connectivity index (χ4v) is 2.84. The van der Waals surface area contributed by atoms with Crippen LogP contribution in [0.25, 0.3) is 11.3 Å². The molecular formula is C21H18N2O3. The SMILES string of the molecule is COc1ccc(Cc2cc(C#N)c(-c3ccccc3)[nH]c2=O)cc1OC. The summed E-state index contributed by atoms with van der Waals surface area (Å²) in [6, 6.07) is 18.7. The minimum Gasteiger partial charge on any atom is -0.493 e. The van der Waals surface area contributed by atoms with E-state index in [-0.39, 0.29) is 5.56 Å². The van der Waals surface area contributed by atoms with Gasteiger partial charge in [-0.15, -0.1) is 0 Å². The zero-order valence-corrected chi connectivity index (χ0v) is 14.6. The predicted molar refractivity (Wildman–Crippen MR) is 99.6 cm³/mol. The van der Waals surface area contributed by atoms with Crippen LogP contribution in [0.2, 0.25) is 0 Å². The molecule has 0 radical (unpaired) electrons. The largest absolute Gasteiger partial charge is 0.493 e. The summed E-state index contributed by atoms with van der Waals surface area (Å²) < 4.78 is 10.5. The number of ether oxygens (including phenoxy) is 2. The van der Waals surface area contributed by atoms with Crippen molar-refractivity contribution in [3.05, 3.63) is 81.6 Å². The van der Waals surface area contributed by atoms with Gasteiger partial charge >= 0.3 is 0 Å². The second kappa shape index (κ2) is 7.58. The number of pyridine rings is 1. The lowest BCUT2D eigenvalue weighted by molar-refractivity contribution is 0.354. The van der Waals surface area contributed by atoms with Crippen LogP contribution in [-0.2, 0) is 6.42 Å². The predicted octanol–water partition coefficient (Wildman–Crippen LogP) is 3.52. The Morgan fingerprint density at radius 1 is 1.00 bits per heavy atom. The van der Waals surface area contributed by atoms with Crippen molar-refractivity contribution in [2.45, 2.75) is 6.42 Å². The van der Waals surface area contributed by atoms with Crippen molar-refractivity contribution in [1.29, 1.82) is 5.26 Å². The average molecular weight is 346 g/mol. The Labute approximate surface area is 151 Å². The maximum atomic E-state index is 12.5. The summed E-state index contributed by atoms with van der Waals surface area (Å²) in [5, 5.41) is 9.50. The molecule has 0 bridgehead atoms. The number of nitrogens with one attached hydrogen (secondary N) is 1. The smallest absolute Gasteiger partial charge is 0.252 e. The summed E-state index contributed by atoms with van der Waals surface area (Å²) >= 11 is 0. The molecule has 0 aliphatic rings. The first-order valence-electron chi connectivity index (χ1n) is 8.09. The first-order valence-corrected chi connectivity index (χ1v) is 8.09. The highest BCUT2D eigenvalue weighted by molar-refractivity contribution is 5.66.